The molecule has 2 aromatic carbocycles. The Morgan fingerprint density at radius 1 is 0.860 bits per heavy atom. The van der Waals surface area contributed by atoms with Crippen molar-refractivity contribution in [3.05, 3.63) is 65.9 Å². The van der Waals surface area contributed by atoms with Gasteiger partial charge in [0.25, 0.3) is 0 Å². The molecule has 2 fully saturated rings. The highest BCUT2D eigenvalue weighted by Gasteiger charge is 2.47. The number of benzene rings is 2. The van der Waals surface area contributed by atoms with Gasteiger partial charge >= 0.3 is 18.3 Å². The van der Waals surface area contributed by atoms with Crippen LogP contribution in [0.5, 0.6) is 17.2 Å². The summed E-state index contributed by atoms with van der Waals surface area (Å²) >= 11 is 0. The van der Waals surface area contributed by atoms with Crippen LogP contribution in [-0.4, -0.2) is 25.6 Å². The zero-order chi connectivity index (χ0) is 31.2. The van der Waals surface area contributed by atoms with Gasteiger partial charge in [-0.05, 0) is 56.4 Å². The molecule has 13 heteroatoms. The number of hydrogen-bond acceptors (Lipinski definition) is 5. The van der Waals surface area contributed by atoms with Crippen LogP contribution in [0.15, 0.2) is 48.7 Å². The highest BCUT2D eigenvalue weighted by molar-refractivity contribution is 5.35. The van der Waals surface area contributed by atoms with Crippen molar-refractivity contribution < 1.29 is 58.8 Å². The highest BCUT2D eigenvalue weighted by Crippen LogP contribution is 2.43. The van der Waals surface area contributed by atoms with E-state index in [1.165, 1.54) is 0 Å². The molecular formula is C30H32F8O5. The molecule has 5 nitrogen and oxygen atoms in total. The minimum atomic E-state index is -4.57. The fourth-order valence-corrected chi connectivity index (χ4v) is 5.24. The van der Waals surface area contributed by atoms with Gasteiger partial charge in [-0.3, -0.25) is 0 Å². The predicted octanol–water partition coefficient (Wildman–Crippen LogP) is 9.17. The summed E-state index contributed by atoms with van der Waals surface area (Å²) in [7, 11) is 0. The first-order valence-electron chi connectivity index (χ1n) is 14.0. The second-order valence-electron chi connectivity index (χ2n) is 10.7. The third-order valence-corrected chi connectivity index (χ3v) is 7.50. The summed E-state index contributed by atoms with van der Waals surface area (Å²) in [6.45, 7) is 3.22. The van der Waals surface area contributed by atoms with Crippen molar-refractivity contribution in [3.8, 4) is 17.2 Å². The number of rotatable bonds is 12. The number of halogens is 8. The van der Waals surface area contributed by atoms with Crippen molar-refractivity contribution in [3.63, 3.8) is 0 Å². The molecule has 0 N–H and O–H groups in total. The van der Waals surface area contributed by atoms with Crippen LogP contribution in [0.2, 0.25) is 0 Å². The monoisotopic (exact) mass is 624 g/mol. The van der Waals surface area contributed by atoms with E-state index < -0.39 is 59.2 Å². The molecule has 1 heterocycles. The maximum absolute atomic E-state index is 15.0. The maximum atomic E-state index is 15.0. The molecule has 0 spiro atoms. The van der Waals surface area contributed by atoms with Crippen LogP contribution >= 0.6 is 0 Å². The largest absolute Gasteiger partial charge is 0.459 e. The van der Waals surface area contributed by atoms with Gasteiger partial charge in [0.2, 0.25) is 0 Å². The molecule has 0 amide bonds. The molecule has 2 aromatic rings. The van der Waals surface area contributed by atoms with Crippen molar-refractivity contribution in [1.29, 1.82) is 0 Å². The lowest BCUT2D eigenvalue weighted by Crippen LogP contribution is -2.42. The molecule has 1 aliphatic carbocycles. The number of unbranched alkanes of at least 4 members (excludes halogenated alkanes) is 1. The maximum Gasteiger partial charge on any atom is 0.432 e. The van der Waals surface area contributed by atoms with Crippen LogP contribution in [0.25, 0.3) is 0 Å². The fraction of sp³-hybridized carbons (Fsp3) is 0.533. The predicted molar refractivity (Wildman–Crippen MR) is 138 cm³/mol. The molecular weight excluding hydrogens is 592 g/mol. The zero-order valence-electron chi connectivity index (χ0n) is 23.3. The molecule has 0 atom stereocenters. The van der Waals surface area contributed by atoms with Crippen LogP contribution in [-0.2, 0) is 15.6 Å². The van der Waals surface area contributed by atoms with E-state index in [0.29, 0.717) is 32.0 Å². The van der Waals surface area contributed by atoms with Crippen LogP contribution in [0.1, 0.15) is 57.4 Å². The van der Waals surface area contributed by atoms with Gasteiger partial charge in [0, 0.05) is 24.0 Å². The molecule has 4 rings (SSSR count). The zero-order valence-corrected chi connectivity index (χ0v) is 23.3. The van der Waals surface area contributed by atoms with E-state index in [2.05, 4.69) is 21.1 Å². The lowest BCUT2D eigenvalue weighted by molar-refractivity contribution is -0.248. The summed E-state index contributed by atoms with van der Waals surface area (Å²) < 4.78 is 138. The number of hydrogen-bond donors (Lipinski definition) is 0. The summed E-state index contributed by atoms with van der Waals surface area (Å²) in [5.41, 5.74) is -1.82. The molecule has 0 unspecified atom stereocenters. The van der Waals surface area contributed by atoms with Gasteiger partial charge in [-0.25, -0.2) is 8.78 Å². The molecule has 1 aliphatic heterocycles. The first kappa shape index (κ1) is 32.8. The van der Waals surface area contributed by atoms with Crippen molar-refractivity contribution >= 4 is 0 Å². The summed E-state index contributed by atoms with van der Waals surface area (Å²) in [6.07, 6.45) is -6.90. The Morgan fingerprint density at radius 3 is 2.00 bits per heavy atom. The molecule has 1 saturated heterocycles. The number of ether oxygens (including phenoxy) is 5. The third-order valence-electron chi connectivity index (χ3n) is 7.50. The summed E-state index contributed by atoms with van der Waals surface area (Å²) in [5, 5.41) is 0. The summed E-state index contributed by atoms with van der Waals surface area (Å²) in [5.74, 6) is -6.46. The molecule has 43 heavy (non-hydrogen) atoms. The van der Waals surface area contributed by atoms with Crippen LogP contribution in [0, 0.1) is 29.4 Å². The van der Waals surface area contributed by atoms with E-state index in [1.54, 1.807) is 0 Å². The Hall–Kier alpha value is -3.06. The van der Waals surface area contributed by atoms with Crippen LogP contribution in [0.3, 0.4) is 0 Å². The second kappa shape index (κ2) is 14.1. The van der Waals surface area contributed by atoms with E-state index in [0.717, 1.165) is 43.5 Å². The second-order valence-corrected chi connectivity index (χ2v) is 10.7. The third kappa shape index (κ3) is 8.75. The average Bonchev–Trinajstić information content (AvgIpc) is 2.95. The van der Waals surface area contributed by atoms with E-state index >= 15 is 0 Å². The van der Waals surface area contributed by atoms with Gasteiger partial charge in [0.05, 0.1) is 19.1 Å². The molecule has 0 radical (unpaired) electrons. The topological polar surface area (TPSA) is 46.2 Å². The normalized spacial score (nSPS) is 23.0. The first-order valence-corrected chi connectivity index (χ1v) is 14.0. The van der Waals surface area contributed by atoms with Gasteiger partial charge in [-0.15, -0.1) is 0 Å². The Kier molecular flexibility index (Phi) is 10.8. The van der Waals surface area contributed by atoms with Gasteiger partial charge in [-0.1, -0.05) is 19.8 Å². The van der Waals surface area contributed by atoms with E-state index in [-0.39, 0.29) is 42.9 Å². The van der Waals surface area contributed by atoms with Crippen LogP contribution < -0.4 is 14.2 Å². The fourth-order valence-electron chi connectivity index (χ4n) is 5.24. The Labute approximate surface area is 243 Å². The molecule has 0 aromatic heterocycles. The Morgan fingerprint density at radius 2 is 1.44 bits per heavy atom. The van der Waals surface area contributed by atoms with E-state index in [4.69, 9.17) is 9.47 Å². The highest BCUT2D eigenvalue weighted by atomic mass is 19.3. The van der Waals surface area contributed by atoms with Gasteiger partial charge in [-0.2, -0.15) is 26.3 Å². The summed E-state index contributed by atoms with van der Waals surface area (Å²) in [4.78, 5) is 0. The molecule has 0 bridgehead atoms. The summed E-state index contributed by atoms with van der Waals surface area (Å²) in [6, 6.07) is 4.27. The van der Waals surface area contributed by atoms with Gasteiger partial charge < -0.3 is 23.7 Å². The minimum Gasteiger partial charge on any atom is -0.459 e. The molecule has 2 aliphatic rings. The van der Waals surface area contributed by atoms with Crippen molar-refractivity contribution in [2.24, 2.45) is 17.8 Å². The SMILES string of the molecule is CCCCC1COC(C2CCC(C(F)(F)Oc3cc(F)c(C(F)(F)Oc4ccc(OC=C(F)F)cc4)c(F)c3)CC2)OC1. The minimum absolute atomic E-state index is 0.0396. The smallest absolute Gasteiger partial charge is 0.432 e. The molecule has 238 valence electrons. The quantitative estimate of drug-likeness (QED) is 0.174. The first-order chi connectivity index (χ1) is 20.4. The molecule has 1 saturated carbocycles. The van der Waals surface area contributed by atoms with Crippen molar-refractivity contribution in [2.45, 2.75) is 70.4 Å². The van der Waals surface area contributed by atoms with Gasteiger partial charge in [0.15, 0.2) is 12.6 Å². The Balaban J connectivity index is 1.34. The van der Waals surface area contributed by atoms with Crippen molar-refractivity contribution in [1.82, 2.24) is 0 Å². The van der Waals surface area contributed by atoms with Gasteiger partial charge in [0.1, 0.15) is 34.4 Å². The standard InChI is InChI=1S/C30H32F8O5/c1-2-3-4-18-15-40-28(41-16-18)19-5-7-20(8-6-19)29(35,36)43-23-13-24(31)27(25(32)14-23)30(37,38)42-22-11-9-21(10-12-22)39-17-26(33)34/h9-14,17-20,28H,2-8,15-16H2,1H3. The Bertz CT molecular complexity index is 1200. The van der Waals surface area contributed by atoms with Crippen molar-refractivity contribution in [2.75, 3.05) is 13.2 Å². The van der Waals surface area contributed by atoms with E-state index in [1.807, 2.05) is 0 Å². The van der Waals surface area contributed by atoms with Crippen LogP contribution in [0.4, 0.5) is 35.1 Å². The lowest BCUT2D eigenvalue weighted by atomic mass is 9.80. The number of alkyl halides is 4. The lowest BCUT2D eigenvalue weighted by Gasteiger charge is -2.39. The van der Waals surface area contributed by atoms with E-state index in [9.17, 15) is 35.1 Å². The average molecular weight is 625 g/mol.